The van der Waals surface area contributed by atoms with Crippen LogP contribution in [0.5, 0.6) is 5.75 Å². The van der Waals surface area contributed by atoms with Gasteiger partial charge in [-0.3, -0.25) is 4.79 Å². The summed E-state index contributed by atoms with van der Waals surface area (Å²) in [6.45, 7) is 2.38. The number of hydrogen-bond donors (Lipinski definition) is 0. The first-order valence-electron chi connectivity index (χ1n) is 13.5. The number of hydrogen-bond acceptors (Lipinski definition) is 7. The molecule has 0 aliphatic carbocycles. The van der Waals surface area contributed by atoms with Crippen LogP contribution >= 0.6 is 51.1 Å². The molecule has 1 atom stereocenters. The molecule has 5 nitrogen and oxygen atoms in total. The predicted octanol–water partition coefficient (Wildman–Crippen LogP) is 9.32. The molecule has 1 aromatic heterocycles. The fourth-order valence-electron chi connectivity index (χ4n) is 3.99. The highest BCUT2D eigenvalue weighted by atomic mass is 79.9. The van der Waals surface area contributed by atoms with Crippen LogP contribution in [0.3, 0.4) is 0 Å². The molecule has 0 N–H and O–H groups in total. The zero-order valence-corrected chi connectivity index (χ0v) is 27.1. The van der Waals surface area contributed by atoms with Crippen LogP contribution in [0.4, 0.5) is 0 Å². The molecule has 4 aromatic rings. The average molecular weight is 682 g/mol. The van der Waals surface area contributed by atoms with E-state index >= 15 is 0 Å². The number of unbranched alkanes of at least 4 members (excludes halogenated alkanes) is 1. The summed E-state index contributed by atoms with van der Waals surface area (Å²) in [5.41, 5.74) is 3.73. The Kier molecular flexibility index (Phi) is 12.6. The summed E-state index contributed by atoms with van der Waals surface area (Å²) in [6.07, 6.45) is 1.78. The molecule has 0 aliphatic heterocycles. The number of thioether (sulfide) groups is 2. The number of ether oxygens (including phenoxy) is 2. The summed E-state index contributed by atoms with van der Waals surface area (Å²) in [5, 5.41) is 11.3. The summed E-state index contributed by atoms with van der Waals surface area (Å²) >= 11 is 12.4. The van der Waals surface area contributed by atoms with Crippen molar-refractivity contribution in [1.29, 1.82) is 5.26 Å². The van der Waals surface area contributed by atoms with Crippen LogP contribution in [-0.2, 0) is 9.53 Å². The molecule has 0 amide bonds. The van der Waals surface area contributed by atoms with Crippen molar-refractivity contribution in [3.05, 3.63) is 100.0 Å². The van der Waals surface area contributed by atoms with Gasteiger partial charge in [0.25, 0.3) is 0 Å². The third-order valence-corrected chi connectivity index (χ3v) is 9.06. The van der Waals surface area contributed by atoms with Gasteiger partial charge in [0.1, 0.15) is 29.6 Å². The van der Waals surface area contributed by atoms with E-state index in [2.05, 4.69) is 28.9 Å². The van der Waals surface area contributed by atoms with E-state index in [0.717, 1.165) is 45.5 Å². The Morgan fingerprint density at radius 2 is 1.79 bits per heavy atom. The number of esters is 1. The normalized spacial score (nSPS) is 11.5. The van der Waals surface area contributed by atoms with Gasteiger partial charge in [0.05, 0.1) is 17.0 Å². The smallest absolute Gasteiger partial charge is 0.316 e. The van der Waals surface area contributed by atoms with Gasteiger partial charge in [0.15, 0.2) is 0 Å². The highest BCUT2D eigenvalue weighted by molar-refractivity contribution is 9.10. The Hall–Kier alpha value is -2.96. The van der Waals surface area contributed by atoms with Gasteiger partial charge >= 0.3 is 5.97 Å². The molecular weight excluding hydrogens is 652 g/mol. The monoisotopic (exact) mass is 680 g/mol. The second-order valence-corrected chi connectivity index (χ2v) is 12.8. The Bertz CT molecular complexity index is 1500. The third-order valence-electron chi connectivity index (χ3n) is 6.14. The minimum atomic E-state index is -0.423. The maximum atomic E-state index is 13.1. The van der Waals surface area contributed by atoms with Gasteiger partial charge in [-0.05, 0) is 60.2 Å². The second kappa shape index (κ2) is 16.6. The van der Waals surface area contributed by atoms with Crippen molar-refractivity contribution in [1.82, 2.24) is 4.98 Å². The second-order valence-electron chi connectivity index (χ2n) is 9.31. The zero-order chi connectivity index (χ0) is 29.7. The van der Waals surface area contributed by atoms with Gasteiger partial charge < -0.3 is 9.47 Å². The van der Waals surface area contributed by atoms with Crippen LogP contribution in [0.1, 0.15) is 25.3 Å². The minimum Gasteiger partial charge on any atom is -0.490 e. The Morgan fingerprint density at radius 3 is 2.48 bits per heavy atom. The number of halogens is 2. The summed E-state index contributed by atoms with van der Waals surface area (Å²) in [6, 6.07) is 28.9. The molecule has 216 valence electrons. The van der Waals surface area contributed by atoms with E-state index in [4.69, 9.17) is 26.1 Å². The van der Waals surface area contributed by atoms with Crippen molar-refractivity contribution in [3.8, 4) is 34.2 Å². The largest absolute Gasteiger partial charge is 0.490 e. The van der Waals surface area contributed by atoms with Crippen molar-refractivity contribution in [3.63, 3.8) is 0 Å². The van der Waals surface area contributed by atoms with E-state index < -0.39 is 6.10 Å². The van der Waals surface area contributed by atoms with Crippen molar-refractivity contribution < 1.29 is 14.3 Å². The van der Waals surface area contributed by atoms with Crippen molar-refractivity contribution in [2.45, 2.75) is 30.9 Å². The van der Waals surface area contributed by atoms with Crippen LogP contribution in [-0.4, -0.2) is 40.9 Å². The molecule has 4 rings (SSSR count). The van der Waals surface area contributed by atoms with Crippen LogP contribution in [0, 0.1) is 11.3 Å². The van der Waals surface area contributed by atoms with Gasteiger partial charge in [-0.2, -0.15) is 17.0 Å². The van der Waals surface area contributed by atoms with Gasteiger partial charge in [-0.15, -0.1) is 0 Å². The van der Waals surface area contributed by atoms with E-state index in [0.29, 0.717) is 27.1 Å². The van der Waals surface area contributed by atoms with E-state index in [-0.39, 0.29) is 18.3 Å². The Labute approximate surface area is 269 Å². The Morgan fingerprint density at radius 1 is 1.05 bits per heavy atom. The summed E-state index contributed by atoms with van der Waals surface area (Å²) in [7, 11) is 0. The highest BCUT2D eigenvalue weighted by Gasteiger charge is 2.20. The first kappa shape index (κ1) is 32.0. The topological polar surface area (TPSA) is 72.2 Å². The first-order chi connectivity index (χ1) is 20.5. The van der Waals surface area contributed by atoms with E-state index in [1.165, 1.54) is 11.8 Å². The molecule has 0 aliphatic rings. The molecule has 0 saturated carbocycles. The Balaban J connectivity index is 1.51. The van der Waals surface area contributed by atoms with Gasteiger partial charge in [-0.25, -0.2) is 4.98 Å². The van der Waals surface area contributed by atoms with Crippen LogP contribution in [0.2, 0.25) is 5.02 Å². The number of benzene rings is 3. The molecule has 3 aromatic carbocycles. The van der Waals surface area contributed by atoms with Crippen LogP contribution < -0.4 is 4.74 Å². The maximum absolute atomic E-state index is 13.1. The lowest BCUT2D eigenvalue weighted by molar-refractivity contribution is -0.145. The highest BCUT2D eigenvalue weighted by Crippen LogP contribution is 2.34. The molecule has 1 heterocycles. The zero-order valence-electron chi connectivity index (χ0n) is 23.1. The number of nitriles is 1. The van der Waals surface area contributed by atoms with Gasteiger partial charge in [0.2, 0.25) is 0 Å². The summed E-state index contributed by atoms with van der Waals surface area (Å²) < 4.78 is 12.7. The summed E-state index contributed by atoms with van der Waals surface area (Å²) in [4.78, 5) is 17.9. The van der Waals surface area contributed by atoms with E-state index in [1.54, 1.807) is 36.0 Å². The van der Waals surface area contributed by atoms with Crippen molar-refractivity contribution in [2.24, 2.45) is 0 Å². The lowest BCUT2D eigenvalue weighted by atomic mass is 9.99. The fraction of sp³-hybridized carbons (Fsp3) is 0.242. The number of nitrogens with zero attached hydrogens (tertiary/aromatic N) is 2. The molecule has 0 radical (unpaired) electrons. The minimum absolute atomic E-state index is 0.0107. The quantitative estimate of drug-likeness (QED) is 0.0746. The SMILES string of the molecule is CCCCSCC(COc1ccc(Cl)cc1)OC(=O)CSc1nc(-c2ccc(Br)cc2)cc(-c2ccccc2)c1C#N. The number of pyridine rings is 1. The number of aromatic nitrogens is 1. The molecule has 0 saturated heterocycles. The number of carbonyl (C=O) groups is 1. The summed E-state index contributed by atoms with van der Waals surface area (Å²) in [5.74, 6) is 1.90. The number of rotatable bonds is 14. The first-order valence-corrected chi connectivity index (χ1v) is 16.8. The van der Waals surface area contributed by atoms with Crippen LogP contribution in [0.25, 0.3) is 22.4 Å². The molecule has 9 heteroatoms. The van der Waals surface area contributed by atoms with Crippen LogP contribution in [0.15, 0.2) is 94.4 Å². The molecule has 0 fully saturated rings. The number of carbonyl (C=O) groups excluding carboxylic acids is 1. The van der Waals surface area contributed by atoms with E-state index in [9.17, 15) is 10.1 Å². The average Bonchev–Trinajstić information content (AvgIpc) is 3.02. The molecule has 42 heavy (non-hydrogen) atoms. The standard InChI is InChI=1S/C33H30BrClN2O3S2/c1-2-3-17-41-21-28(20-39-27-15-13-26(35)14-16-27)40-32(38)22-42-33-30(19-36)29(23-7-5-4-6-8-23)18-31(37-33)24-9-11-25(34)12-10-24/h4-16,18,28H,2-3,17,20-22H2,1H3. The molecular formula is C33H30BrClN2O3S2. The van der Waals surface area contributed by atoms with Gasteiger partial charge in [0, 0.05) is 26.4 Å². The maximum Gasteiger partial charge on any atom is 0.316 e. The third kappa shape index (κ3) is 9.53. The molecule has 1 unspecified atom stereocenters. The molecule has 0 bridgehead atoms. The fourth-order valence-corrected chi connectivity index (χ4v) is 6.25. The lowest BCUT2D eigenvalue weighted by Crippen LogP contribution is -2.28. The lowest BCUT2D eigenvalue weighted by Gasteiger charge is -2.19. The predicted molar refractivity (Wildman–Crippen MR) is 177 cm³/mol. The van der Waals surface area contributed by atoms with E-state index in [1.807, 2.05) is 60.7 Å². The van der Waals surface area contributed by atoms with Crippen molar-refractivity contribution in [2.75, 3.05) is 23.9 Å². The van der Waals surface area contributed by atoms with Gasteiger partial charge in [-0.1, -0.05) is 95.1 Å². The van der Waals surface area contributed by atoms with Crippen molar-refractivity contribution >= 4 is 57.0 Å². The molecule has 0 spiro atoms.